The van der Waals surface area contributed by atoms with Crippen LogP contribution in [0.3, 0.4) is 0 Å². The number of nitrogens with zero attached hydrogens (tertiary/aromatic N) is 4. The highest BCUT2D eigenvalue weighted by molar-refractivity contribution is 7.16. The number of hydrogen-bond donors (Lipinski definition) is 1. The van der Waals surface area contributed by atoms with E-state index in [2.05, 4.69) is 29.1 Å². The minimum absolute atomic E-state index is 0.447. The van der Waals surface area contributed by atoms with E-state index in [0.717, 1.165) is 35.1 Å². The van der Waals surface area contributed by atoms with Crippen molar-refractivity contribution in [2.75, 3.05) is 6.54 Å². The summed E-state index contributed by atoms with van der Waals surface area (Å²) in [4.78, 5) is 0.880. The quantitative estimate of drug-likeness (QED) is 0.860. The van der Waals surface area contributed by atoms with Gasteiger partial charge in [0, 0.05) is 12.3 Å². The molecular weight excluding hydrogens is 222 g/mol. The Labute approximate surface area is 98.7 Å². The Morgan fingerprint density at radius 2 is 2.06 bits per heavy atom. The van der Waals surface area contributed by atoms with Gasteiger partial charge in [0.2, 0.25) is 4.96 Å². The molecular formula is C10H17N5S. The van der Waals surface area contributed by atoms with E-state index in [1.54, 1.807) is 11.3 Å². The van der Waals surface area contributed by atoms with Gasteiger partial charge in [0.05, 0.1) is 0 Å². The molecule has 0 aliphatic carbocycles. The number of fused-ring (bicyclic) bond motifs is 1. The Bertz CT molecular complexity index is 457. The van der Waals surface area contributed by atoms with E-state index < -0.39 is 0 Å². The van der Waals surface area contributed by atoms with Crippen LogP contribution in [0.15, 0.2) is 0 Å². The summed E-state index contributed by atoms with van der Waals surface area (Å²) < 4.78 is 1.88. The minimum atomic E-state index is 0.447. The van der Waals surface area contributed by atoms with Crippen molar-refractivity contribution in [1.29, 1.82) is 0 Å². The first-order valence-corrected chi connectivity index (χ1v) is 6.52. The van der Waals surface area contributed by atoms with E-state index >= 15 is 0 Å². The molecule has 0 aromatic carbocycles. The van der Waals surface area contributed by atoms with Gasteiger partial charge in [-0.15, -0.1) is 10.2 Å². The molecule has 0 radical (unpaired) electrons. The van der Waals surface area contributed by atoms with Crippen LogP contribution in [0.4, 0.5) is 0 Å². The van der Waals surface area contributed by atoms with Crippen molar-refractivity contribution in [3.63, 3.8) is 0 Å². The van der Waals surface area contributed by atoms with Gasteiger partial charge in [-0.3, -0.25) is 0 Å². The van der Waals surface area contributed by atoms with E-state index in [4.69, 9.17) is 5.73 Å². The van der Waals surface area contributed by atoms with Crippen LogP contribution in [0.25, 0.3) is 4.96 Å². The maximum absolute atomic E-state index is 5.52. The second-order valence-corrected chi connectivity index (χ2v) is 4.84. The average Bonchev–Trinajstić information content (AvgIpc) is 2.82. The lowest BCUT2D eigenvalue weighted by Crippen LogP contribution is -2.05. The molecule has 2 rings (SSSR count). The normalized spacial score (nSPS) is 11.8. The van der Waals surface area contributed by atoms with E-state index in [9.17, 15) is 0 Å². The predicted octanol–water partition coefficient (Wildman–Crippen LogP) is 1.59. The maximum atomic E-state index is 5.52. The summed E-state index contributed by atoms with van der Waals surface area (Å²) in [6.45, 7) is 4.97. The van der Waals surface area contributed by atoms with Gasteiger partial charge in [-0.1, -0.05) is 25.2 Å². The fourth-order valence-corrected chi connectivity index (χ4v) is 2.66. The van der Waals surface area contributed by atoms with Crippen LogP contribution in [-0.4, -0.2) is 26.4 Å². The maximum Gasteiger partial charge on any atom is 0.234 e. The van der Waals surface area contributed by atoms with E-state index in [1.807, 2.05) is 4.52 Å². The highest BCUT2D eigenvalue weighted by atomic mass is 32.1. The van der Waals surface area contributed by atoms with Crippen LogP contribution in [0.5, 0.6) is 0 Å². The topological polar surface area (TPSA) is 69.1 Å². The molecule has 0 aliphatic rings. The molecule has 6 heteroatoms. The largest absolute Gasteiger partial charge is 0.330 e. The van der Waals surface area contributed by atoms with Crippen LogP contribution in [0.2, 0.25) is 0 Å². The molecule has 0 saturated carbocycles. The first-order valence-electron chi connectivity index (χ1n) is 5.71. The third kappa shape index (κ3) is 1.94. The first-order chi connectivity index (χ1) is 7.80. The Morgan fingerprint density at radius 1 is 1.31 bits per heavy atom. The molecule has 0 amide bonds. The van der Waals surface area contributed by atoms with Crippen LogP contribution >= 0.6 is 11.3 Å². The Kier molecular flexibility index (Phi) is 3.50. The molecule has 2 N–H and O–H groups in total. The Morgan fingerprint density at radius 3 is 2.69 bits per heavy atom. The van der Waals surface area contributed by atoms with Crippen molar-refractivity contribution in [2.24, 2.45) is 5.73 Å². The van der Waals surface area contributed by atoms with Crippen LogP contribution in [0, 0.1) is 0 Å². The smallest absolute Gasteiger partial charge is 0.234 e. The molecule has 0 atom stereocenters. The molecule has 0 unspecified atom stereocenters. The molecule has 5 nitrogen and oxygen atoms in total. The monoisotopic (exact) mass is 239 g/mol. The van der Waals surface area contributed by atoms with Gasteiger partial charge in [-0.2, -0.15) is 9.61 Å². The van der Waals surface area contributed by atoms with Crippen molar-refractivity contribution < 1.29 is 0 Å². The summed E-state index contributed by atoms with van der Waals surface area (Å²) in [5, 5.41) is 13.9. The van der Waals surface area contributed by atoms with Crippen molar-refractivity contribution in [1.82, 2.24) is 19.8 Å². The second kappa shape index (κ2) is 4.88. The summed E-state index contributed by atoms with van der Waals surface area (Å²) in [5.41, 5.74) is 5.52. The van der Waals surface area contributed by atoms with Gasteiger partial charge in [0.1, 0.15) is 5.01 Å². The lowest BCUT2D eigenvalue weighted by Gasteiger charge is -2.07. The van der Waals surface area contributed by atoms with Crippen LogP contribution in [-0.2, 0) is 6.42 Å². The molecule has 0 spiro atoms. The zero-order valence-electron chi connectivity index (χ0n) is 9.68. The molecule has 0 bridgehead atoms. The standard InChI is InChI=1S/C10H17N5S/c1-3-7(4-2)9-12-13-10-15(9)14-8(16-10)5-6-11/h7H,3-6,11H2,1-2H3. The summed E-state index contributed by atoms with van der Waals surface area (Å²) in [6.07, 6.45) is 2.96. The molecule has 2 aromatic rings. The zero-order valence-corrected chi connectivity index (χ0v) is 10.5. The lowest BCUT2D eigenvalue weighted by atomic mass is 10.0. The highest BCUT2D eigenvalue weighted by Crippen LogP contribution is 2.23. The molecule has 0 saturated heterocycles. The third-order valence-corrected chi connectivity index (χ3v) is 3.72. The van der Waals surface area contributed by atoms with Crippen molar-refractivity contribution in [3.8, 4) is 0 Å². The molecule has 16 heavy (non-hydrogen) atoms. The Hall–Kier alpha value is -1.01. The molecule has 2 heterocycles. The van der Waals surface area contributed by atoms with Gasteiger partial charge in [-0.25, -0.2) is 0 Å². The fraction of sp³-hybridized carbons (Fsp3) is 0.700. The van der Waals surface area contributed by atoms with E-state index in [0.29, 0.717) is 12.5 Å². The summed E-state index contributed by atoms with van der Waals surface area (Å²) in [6, 6.07) is 0. The van der Waals surface area contributed by atoms with E-state index in [1.165, 1.54) is 0 Å². The van der Waals surface area contributed by atoms with Gasteiger partial charge in [-0.05, 0) is 19.4 Å². The molecule has 0 aliphatic heterocycles. The van der Waals surface area contributed by atoms with Gasteiger partial charge >= 0.3 is 0 Å². The summed E-state index contributed by atoms with van der Waals surface area (Å²) >= 11 is 1.58. The first kappa shape index (κ1) is 11.5. The van der Waals surface area contributed by atoms with Gasteiger partial charge < -0.3 is 5.73 Å². The molecule has 0 fully saturated rings. The molecule has 2 aromatic heterocycles. The lowest BCUT2D eigenvalue weighted by molar-refractivity contribution is 0.582. The summed E-state index contributed by atoms with van der Waals surface area (Å²) in [7, 11) is 0. The SMILES string of the molecule is CCC(CC)c1nnc2sc(CCN)nn12. The van der Waals surface area contributed by atoms with Crippen LogP contribution in [0.1, 0.15) is 43.4 Å². The van der Waals surface area contributed by atoms with E-state index in [-0.39, 0.29) is 0 Å². The van der Waals surface area contributed by atoms with Crippen molar-refractivity contribution >= 4 is 16.3 Å². The average molecular weight is 239 g/mol. The summed E-state index contributed by atoms with van der Waals surface area (Å²) in [5.74, 6) is 1.43. The number of nitrogens with two attached hydrogens (primary N) is 1. The molecule has 88 valence electrons. The minimum Gasteiger partial charge on any atom is -0.330 e. The number of aromatic nitrogens is 4. The van der Waals surface area contributed by atoms with Gasteiger partial charge in [0.15, 0.2) is 5.82 Å². The third-order valence-electron chi connectivity index (χ3n) is 2.77. The predicted molar refractivity (Wildman–Crippen MR) is 64.7 cm³/mol. The Balaban J connectivity index is 2.38. The van der Waals surface area contributed by atoms with Gasteiger partial charge in [0.25, 0.3) is 0 Å². The number of rotatable bonds is 5. The van der Waals surface area contributed by atoms with Crippen LogP contribution < -0.4 is 5.73 Å². The zero-order chi connectivity index (χ0) is 11.5. The fourth-order valence-electron chi connectivity index (χ4n) is 1.80. The number of hydrogen-bond acceptors (Lipinski definition) is 5. The highest BCUT2D eigenvalue weighted by Gasteiger charge is 2.17. The van der Waals surface area contributed by atoms with Crippen molar-refractivity contribution in [3.05, 3.63) is 10.8 Å². The second-order valence-electron chi connectivity index (χ2n) is 3.80. The van der Waals surface area contributed by atoms with Crippen molar-refractivity contribution in [2.45, 2.75) is 39.0 Å².